The monoisotopic (exact) mass is 250 g/mol. The number of urea groups is 1. The Balaban J connectivity index is 1.86. The standard InChI is InChI=1S/C12H14N2O2S/c1-8-6-10(9(2)16-8)7-13-12(15)14-11-4-3-5-17-11/h3-6H,7H2,1-2H3,(H2,13,14,15). The van der Waals surface area contributed by atoms with Gasteiger partial charge in [0.25, 0.3) is 0 Å². The average molecular weight is 250 g/mol. The second-order valence-electron chi connectivity index (χ2n) is 3.72. The van der Waals surface area contributed by atoms with Gasteiger partial charge in [-0.15, -0.1) is 11.3 Å². The summed E-state index contributed by atoms with van der Waals surface area (Å²) in [6, 6.07) is 5.48. The lowest BCUT2D eigenvalue weighted by Crippen LogP contribution is -2.27. The number of rotatable bonds is 3. The van der Waals surface area contributed by atoms with Crippen molar-refractivity contribution in [2.45, 2.75) is 20.4 Å². The normalized spacial score (nSPS) is 10.2. The molecule has 2 N–H and O–H groups in total. The second-order valence-corrected chi connectivity index (χ2v) is 4.67. The maximum absolute atomic E-state index is 11.6. The maximum Gasteiger partial charge on any atom is 0.320 e. The molecular formula is C12H14N2O2S. The molecule has 5 heteroatoms. The van der Waals surface area contributed by atoms with E-state index in [0.29, 0.717) is 6.54 Å². The minimum Gasteiger partial charge on any atom is -0.466 e. The quantitative estimate of drug-likeness (QED) is 0.878. The van der Waals surface area contributed by atoms with Crippen molar-refractivity contribution in [2.75, 3.05) is 5.32 Å². The maximum atomic E-state index is 11.6. The van der Waals surface area contributed by atoms with E-state index < -0.39 is 0 Å². The first-order valence-electron chi connectivity index (χ1n) is 5.29. The minimum absolute atomic E-state index is 0.203. The fraction of sp³-hybridized carbons (Fsp3) is 0.250. The number of hydrogen-bond donors (Lipinski definition) is 2. The van der Waals surface area contributed by atoms with Crippen molar-refractivity contribution in [1.82, 2.24) is 5.32 Å². The zero-order valence-corrected chi connectivity index (χ0v) is 10.6. The van der Waals surface area contributed by atoms with Crippen LogP contribution in [0.4, 0.5) is 9.80 Å². The van der Waals surface area contributed by atoms with Gasteiger partial charge < -0.3 is 9.73 Å². The van der Waals surface area contributed by atoms with Crippen LogP contribution in [0, 0.1) is 13.8 Å². The molecule has 0 fully saturated rings. The highest BCUT2D eigenvalue weighted by Crippen LogP contribution is 2.15. The molecule has 0 aromatic carbocycles. The molecule has 4 nitrogen and oxygen atoms in total. The van der Waals surface area contributed by atoms with E-state index in [-0.39, 0.29) is 6.03 Å². The fourth-order valence-electron chi connectivity index (χ4n) is 1.54. The van der Waals surface area contributed by atoms with E-state index in [9.17, 15) is 4.79 Å². The van der Waals surface area contributed by atoms with Crippen LogP contribution < -0.4 is 10.6 Å². The van der Waals surface area contributed by atoms with Crippen LogP contribution in [0.5, 0.6) is 0 Å². The van der Waals surface area contributed by atoms with Gasteiger partial charge in [-0.25, -0.2) is 4.79 Å². The van der Waals surface area contributed by atoms with Crippen LogP contribution in [-0.4, -0.2) is 6.03 Å². The molecule has 17 heavy (non-hydrogen) atoms. The number of carbonyl (C=O) groups excluding carboxylic acids is 1. The van der Waals surface area contributed by atoms with E-state index in [2.05, 4.69) is 10.6 Å². The molecule has 0 spiro atoms. The molecule has 0 saturated heterocycles. The van der Waals surface area contributed by atoms with Gasteiger partial charge in [-0.2, -0.15) is 0 Å². The molecule has 0 atom stereocenters. The molecule has 2 heterocycles. The van der Waals surface area contributed by atoms with Crippen LogP contribution in [0.3, 0.4) is 0 Å². The van der Waals surface area contributed by atoms with E-state index in [1.807, 2.05) is 37.4 Å². The van der Waals surface area contributed by atoms with E-state index in [0.717, 1.165) is 22.1 Å². The molecule has 2 amide bonds. The second kappa shape index (κ2) is 5.05. The van der Waals surface area contributed by atoms with E-state index >= 15 is 0 Å². The smallest absolute Gasteiger partial charge is 0.320 e. The third-order valence-electron chi connectivity index (χ3n) is 2.34. The van der Waals surface area contributed by atoms with Crippen molar-refractivity contribution >= 4 is 22.4 Å². The Bertz CT molecular complexity index is 503. The summed E-state index contributed by atoms with van der Waals surface area (Å²) in [4.78, 5) is 11.6. The van der Waals surface area contributed by atoms with Crippen LogP contribution in [0.1, 0.15) is 17.1 Å². The van der Waals surface area contributed by atoms with Crippen LogP contribution in [0.25, 0.3) is 0 Å². The zero-order chi connectivity index (χ0) is 12.3. The summed E-state index contributed by atoms with van der Waals surface area (Å²) < 4.78 is 5.38. The number of hydrogen-bond acceptors (Lipinski definition) is 3. The highest BCUT2D eigenvalue weighted by molar-refractivity contribution is 7.14. The lowest BCUT2D eigenvalue weighted by molar-refractivity contribution is 0.252. The number of anilines is 1. The SMILES string of the molecule is Cc1cc(CNC(=O)Nc2cccs2)c(C)o1. The molecule has 2 aromatic heterocycles. The fourth-order valence-corrected chi connectivity index (χ4v) is 2.15. The Hall–Kier alpha value is -1.75. The van der Waals surface area contributed by atoms with Gasteiger partial charge >= 0.3 is 6.03 Å². The van der Waals surface area contributed by atoms with Crippen molar-refractivity contribution in [2.24, 2.45) is 0 Å². The largest absolute Gasteiger partial charge is 0.466 e. The van der Waals surface area contributed by atoms with Crippen molar-refractivity contribution in [3.63, 3.8) is 0 Å². The van der Waals surface area contributed by atoms with Gasteiger partial charge in [0.15, 0.2) is 0 Å². The number of amides is 2. The van der Waals surface area contributed by atoms with E-state index in [1.165, 1.54) is 11.3 Å². The lowest BCUT2D eigenvalue weighted by Gasteiger charge is -2.04. The summed E-state index contributed by atoms with van der Waals surface area (Å²) in [6.07, 6.45) is 0. The van der Waals surface area contributed by atoms with Crippen molar-refractivity contribution < 1.29 is 9.21 Å². The number of nitrogens with one attached hydrogen (secondary N) is 2. The predicted octanol–water partition coefficient (Wildman–Crippen LogP) is 3.28. The van der Waals surface area contributed by atoms with Gasteiger partial charge in [-0.05, 0) is 37.4 Å². The molecule has 0 radical (unpaired) electrons. The summed E-state index contributed by atoms with van der Waals surface area (Å²) in [5, 5.41) is 8.30. The third kappa shape index (κ3) is 3.10. The summed E-state index contributed by atoms with van der Waals surface area (Å²) in [7, 11) is 0. The summed E-state index contributed by atoms with van der Waals surface area (Å²) >= 11 is 1.49. The van der Waals surface area contributed by atoms with Gasteiger partial charge in [-0.3, -0.25) is 5.32 Å². The first-order chi connectivity index (χ1) is 8.15. The van der Waals surface area contributed by atoms with Gasteiger partial charge in [0.2, 0.25) is 0 Å². The van der Waals surface area contributed by atoms with Crippen LogP contribution >= 0.6 is 11.3 Å². The Morgan fingerprint density at radius 3 is 2.88 bits per heavy atom. The molecule has 90 valence electrons. The highest BCUT2D eigenvalue weighted by Gasteiger charge is 2.06. The Labute approximate surface area is 104 Å². The number of aryl methyl sites for hydroxylation is 2. The van der Waals surface area contributed by atoms with E-state index in [4.69, 9.17) is 4.42 Å². The number of carbonyl (C=O) groups is 1. The Kier molecular flexibility index (Phi) is 3.49. The number of furan rings is 1. The molecule has 0 aliphatic carbocycles. The Morgan fingerprint density at radius 2 is 2.29 bits per heavy atom. The average Bonchev–Trinajstić information content (AvgIpc) is 2.86. The molecule has 0 unspecified atom stereocenters. The summed E-state index contributed by atoms with van der Waals surface area (Å²) in [6.45, 7) is 4.25. The summed E-state index contributed by atoms with van der Waals surface area (Å²) in [5.74, 6) is 1.71. The van der Waals surface area contributed by atoms with Gasteiger partial charge in [0, 0.05) is 12.1 Å². The molecule has 0 aliphatic heterocycles. The molecule has 0 bridgehead atoms. The zero-order valence-electron chi connectivity index (χ0n) is 9.74. The van der Waals surface area contributed by atoms with Crippen LogP contribution in [0.2, 0.25) is 0 Å². The Morgan fingerprint density at radius 1 is 1.47 bits per heavy atom. The molecular weight excluding hydrogens is 236 g/mol. The van der Waals surface area contributed by atoms with Gasteiger partial charge in [0.05, 0.1) is 5.00 Å². The highest BCUT2D eigenvalue weighted by atomic mass is 32.1. The van der Waals surface area contributed by atoms with E-state index in [1.54, 1.807) is 0 Å². The topological polar surface area (TPSA) is 54.3 Å². The molecule has 0 aliphatic rings. The third-order valence-corrected chi connectivity index (χ3v) is 3.13. The predicted molar refractivity (Wildman–Crippen MR) is 68.4 cm³/mol. The number of thiophene rings is 1. The van der Waals surface area contributed by atoms with Gasteiger partial charge in [0.1, 0.15) is 11.5 Å². The van der Waals surface area contributed by atoms with Crippen molar-refractivity contribution in [3.8, 4) is 0 Å². The van der Waals surface area contributed by atoms with Crippen molar-refractivity contribution in [1.29, 1.82) is 0 Å². The van der Waals surface area contributed by atoms with Crippen LogP contribution in [0.15, 0.2) is 28.0 Å². The summed E-state index contributed by atoms with van der Waals surface area (Å²) in [5.41, 5.74) is 1.00. The molecule has 2 aromatic rings. The molecule has 2 rings (SSSR count). The first-order valence-corrected chi connectivity index (χ1v) is 6.17. The minimum atomic E-state index is -0.203. The van der Waals surface area contributed by atoms with Gasteiger partial charge in [-0.1, -0.05) is 0 Å². The van der Waals surface area contributed by atoms with Crippen LogP contribution in [-0.2, 0) is 6.54 Å². The lowest BCUT2D eigenvalue weighted by atomic mass is 10.2. The molecule has 0 saturated carbocycles. The van der Waals surface area contributed by atoms with Crippen molar-refractivity contribution in [3.05, 3.63) is 40.7 Å². The first kappa shape index (κ1) is 11.7.